The average Bonchev–Trinajstić information content (AvgIpc) is 3.60. The van der Waals surface area contributed by atoms with Crippen LogP contribution in [0, 0.1) is 24.7 Å². The van der Waals surface area contributed by atoms with E-state index < -0.39 is 47.7 Å². The highest BCUT2D eigenvalue weighted by Gasteiger charge is 2.28. The van der Waals surface area contributed by atoms with Crippen LogP contribution in [-0.2, 0) is 33.6 Å². The van der Waals surface area contributed by atoms with E-state index in [2.05, 4.69) is 97.4 Å². The molecular formula is C46H77N7O8. The molecule has 5 atom stereocenters. The highest BCUT2D eigenvalue weighted by molar-refractivity contribution is 5.96. The van der Waals surface area contributed by atoms with E-state index in [1.807, 2.05) is 32.2 Å². The Morgan fingerprint density at radius 3 is 2.02 bits per heavy atom. The molecule has 0 aliphatic heterocycles. The van der Waals surface area contributed by atoms with Crippen molar-refractivity contribution in [3.8, 4) is 0 Å². The van der Waals surface area contributed by atoms with Crippen LogP contribution < -0.4 is 26.6 Å². The summed E-state index contributed by atoms with van der Waals surface area (Å²) in [5.74, 6) is -2.49. The van der Waals surface area contributed by atoms with Gasteiger partial charge in [-0.15, -0.1) is 0 Å². The van der Waals surface area contributed by atoms with Gasteiger partial charge >= 0.3 is 5.97 Å². The molecule has 0 aliphatic carbocycles. The van der Waals surface area contributed by atoms with Gasteiger partial charge in [0.25, 0.3) is 0 Å². The van der Waals surface area contributed by atoms with Crippen molar-refractivity contribution in [3.63, 3.8) is 0 Å². The number of para-hydroxylation sites is 1. The molecule has 61 heavy (non-hydrogen) atoms. The van der Waals surface area contributed by atoms with E-state index >= 15 is 0 Å². The number of amides is 6. The molecule has 0 aliphatic rings. The van der Waals surface area contributed by atoms with Crippen molar-refractivity contribution in [1.82, 2.24) is 36.5 Å². The summed E-state index contributed by atoms with van der Waals surface area (Å²) in [4.78, 5) is 87.2. The van der Waals surface area contributed by atoms with Gasteiger partial charge in [0.1, 0.15) is 18.1 Å². The number of carboxylic acid groups (broad SMARTS) is 1. The van der Waals surface area contributed by atoms with E-state index in [1.165, 1.54) is 47.8 Å². The Hall–Kier alpha value is -5.47. The number of hydrogen-bond acceptors (Lipinski definition) is 7. The third-order valence-electron chi connectivity index (χ3n) is 9.29. The number of benzene rings is 1. The number of aromatic nitrogens is 1. The minimum atomic E-state index is -1.19. The molecule has 2 aromatic rings. The molecule has 1 heterocycles. The third-order valence-corrected chi connectivity index (χ3v) is 9.29. The Balaban J connectivity index is 0. The molecule has 0 bridgehead atoms. The maximum absolute atomic E-state index is 12.7. The molecule has 2 rings (SSSR count). The van der Waals surface area contributed by atoms with Gasteiger partial charge in [-0.25, -0.2) is 0 Å². The van der Waals surface area contributed by atoms with Crippen LogP contribution in [0.5, 0.6) is 0 Å². The van der Waals surface area contributed by atoms with Crippen molar-refractivity contribution in [3.05, 3.63) is 59.3 Å². The molecule has 1 aromatic heterocycles. The predicted molar refractivity (Wildman–Crippen MR) is 244 cm³/mol. The van der Waals surface area contributed by atoms with Crippen LogP contribution in [0.25, 0.3) is 10.9 Å². The second-order valence-electron chi connectivity index (χ2n) is 16.0. The second-order valence-corrected chi connectivity index (χ2v) is 16.0. The van der Waals surface area contributed by atoms with E-state index in [9.17, 15) is 28.8 Å². The van der Waals surface area contributed by atoms with Crippen LogP contribution in [0.2, 0.25) is 0 Å². The van der Waals surface area contributed by atoms with Gasteiger partial charge in [-0.2, -0.15) is 0 Å². The molecule has 4 unspecified atom stereocenters. The Morgan fingerprint density at radius 1 is 0.902 bits per heavy atom. The standard InChI is InChI=1S/C31H53N5O7.C9H9N.C4H10.C2H5NO/c1-10-19(3)17-20(4)13-12-14-22(6)28(39)32-18-26(38)33-23(7)30(41)36(9)16-15-25(37)35-27(21(5)11-2)29(40)34-24(8)31(42)43;1-7-6-10-9-5-3-2-4-8(7)9;1-4(2)3;1-3-2-4/h10,14,20-21,23-24,27H,11-13,15-18H2,1-9H3,(H,32,39)(H,33,38)(H,34,40)(H,35,37)(H,42,43);2-6,10H,1H3;4H,1-3H3;2H,1H3,(H,3,4)/b19-10+,22-14+;;;/t20?,21?,23?,24-,27?;;;/m1.../s1. The maximum Gasteiger partial charge on any atom is 0.325 e. The molecule has 15 nitrogen and oxygen atoms in total. The number of carbonyl (C=O) groups is 7. The summed E-state index contributed by atoms with van der Waals surface area (Å²) in [7, 11) is 3.05. The van der Waals surface area contributed by atoms with Crippen LogP contribution >= 0.6 is 0 Å². The number of fused-ring (bicyclic) bond motifs is 1. The highest BCUT2D eigenvalue weighted by atomic mass is 16.4. The third kappa shape index (κ3) is 26.4. The first-order valence-corrected chi connectivity index (χ1v) is 21.1. The predicted octanol–water partition coefficient (Wildman–Crippen LogP) is 5.80. The van der Waals surface area contributed by atoms with Crippen molar-refractivity contribution in [1.29, 1.82) is 0 Å². The number of nitrogens with one attached hydrogen (secondary N) is 6. The molecule has 6 amide bonds. The fourth-order valence-electron chi connectivity index (χ4n) is 5.34. The number of carbonyl (C=O) groups excluding carboxylic acids is 6. The minimum absolute atomic E-state index is 0.0267. The molecule has 0 radical (unpaired) electrons. The number of H-pyrrole nitrogens is 1. The van der Waals surface area contributed by atoms with E-state index in [1.54, 1.807) is 20.9 Å². The Morgan fingerprint density at radius 2 is 1.49 bits per heavy atom. The van der Waals surface area contributed by atoms with Crippen molar-refractivity contribution >= 4 is 52.8 Å². The molecule has 0 spiro atoms. The van der Waals surface area contributed by atoms with Gasteiger partial charge in [0.15, 0.2) is 0 Å². The molecule has 15 heteroatoms. The molecular weight excluding hydrogens is 779 g/mol. The molecule has 0 fully saturated rings. The van der Waals surface area contributed by atoms with Crippen LogP contribution in [0.15, 0.2) is 53.8 Å². The zero-order valence-corrected chi connectivity index (χ0v) is 39.3. The number of nitrogens with zero attached hydrogens (tertiary/aromatic N) is 1. The molecule has 0 saturated carbocycles. The fraction of sp³-hybridized carbons (Fsp3) is 0.587. The first kappa shape index (κ1) is 57.6. The number of rotatable bonds is 20. The van der Waals surface area contributed by atoms with Crippen LogP contribution in [0.4, 0.5) is 0 Å². The minimum Gasteiger partial charge on any atom is -0.480 e. The monoisotopic (exact) mass is 856 g/mol. The van der Waals surface area contributed by atoms with E-state index in [4.69, 9.17) is 9.90 Å². The largest absolute Gasteiger partial charge is 0.480 e. The summed E-state index contributed by atoms with van der Waals surface area (Å²) in [6.07, 6.45) is 9.81. The van der Waals surface area contributed by atoms with Crippen molar-refractivity contribution in [2.24, 2.45) is 17.8 Å². The number of aryl methyl sites for hydroxylation is 1. The molecule has 7 N–H and O–H groups in total. The number of aliphatic carboxylic acids is 1. The van der Waals surface area contributed by atoms with Crippen LogP contribution in [0.3, 0.4) is 0 Å². The highest BCUT2D eigenvalue weighted by Crippen LogP contribution is 2.17. The van der Waals surface area contributed by atoms with Gasteiger partial charge in [0.2, 0.25) is 35.9 Å². The van der Waals surface area contributed by atoms with Gasteiger partial charge in [-0.3, -0.25) is 33.6 Å². The Labute approximate surface area is 364 Å². The first-order valence-electron chi connectivity index (χ1n) is 21.1. The maximum atomic E-state index is 12.7. The first-order chi connectivity index (χ1) is 28.6. The van der Waals surface area contributed by atoms with E-state index in [0.717, 1.165) is 25.2 Å². The number of aromatic amines is 1. The summed E-state index contributed by atoms with van der Waals surface area (Å²) in [6, 6.07) is 5.38. The summed E-state index contributed by atoms with van der Waals surface area (Å²) in [6.45, 7) is 22.8. The summed E-state index contributed by atoms with van der Waals surface area (Å²) >= 11 is 0. The normalized spacial score (nSPS) is 13.4. The number of likely N-dealkylation sites (N-methyl/N-ethyl adjacent to an activating group) is 1. The Bertz CT molecular complexity index is 1720. The summed E-state index contributed by atoms with van der Waals surface area (Å²) in [5.41, 5.74) is 4.40. The zero-order chi connectivity index (χ0) is 47.2. The van der Waals surface area contributed by atoms with E-state index in [-0.39, 0.29) is 31.3 Å². The zero-order valence-electron chi connectivity index (χ0n) is 39.3. The second kappa shape index (κ2) is 32.3. The lowest BCUT2D eigenvalue weighted by Gasteiger charge is -2.26. The summed E-state index contributed by atoms with van der Waals surface area (Å²) in [5, 5.41) is 22.7. The topological polar surface area (TPSA) is 219 Å². The van der Waals surface area contributed by atoms with Crippen LogP contribution in [0.1, 0.15) is 114 Å². The molecule has 344 valence electrons. The van der Waals surface area contributed by atoms with Gasteiger partial charge in [-0.1, -0.05) is 83.9 Å². The number of hydrogen-bond donors (Lipinski definition) is 7. The summed E-state index contributed by atoms with van der Waals surface area (Å²) < 4.78 is 0. The fourth-order valence-corrected chi connectivity index (χ4v) is 5.34. The van der Waals surface area contributed by atoms with Crippen molar-refractivity contribution in [2.75, 3.05) is 27.2 Å². The average molecular weight is 856 g/mol. The van der Waals surface area contributed by atoms with Gasteiger partial charge in [0, 0.05) is 49.7 Å². The lowest BCUT2D eigenvalue weighted by molar-refractivity contribution is -0.142. The number of carboxylic acids is 1. The molecule has 0 saturated heterocycles. The lowest BCUT2D eigenvalue weighted by Crippen LogP contribution is -2.54. The Kier molecular flexibility index (Phi) is 30.5. The van der Waals surface area contributed by atoms with E-state index in [0.29, 0.717) is 24.3 Å². The van der Waals surface area contributed by atoms with Crippen molar-refractivity contribution in [2.45, 2.75) is 133 Å². The smallest absolute Gasteiger partial charge is 0.325 e. The SMILES string of the molecule is C/C=C(\C)CC(C)CC/C=C(\C)C(=O)NCC(=O)NC(C)C(=O)N(C)CCC(=O)NC(C(=O)N[C@H](C)C(=O)O)C(C)CC.CC(C)C.CNC=O.Cc1c[nH]c2ccccc12. The quantitative estimate of drug-likeness (QED) is 0.0490. The molecule has 1 aromatic carbocycles. The van der Waals surface area contributed by atoms with Gasteiger partial charge in [0.05, 0.1) is 6.54 Å². The van der Waals surface area contributed by atoms with Gasteiger partial charge in [-0.05, 0) is 90.2 Å². The lowest BCUT2D eigenvalue weighted by atomic mass is 9.96. The van der Waals surface area contributed by atoms with Crippen LogP contribution in [-0.4, -0.2) is 102 Å². The van der Waals surface area contributed by atoms with Gasteiger partial charge < -0.3 is 41.6 Å². The van der Waals surface area contributed by atoms with Crippen molar-refractivity contribution < 1.29 is 38.7 Å². The number of allylic oxidation sites excluding steroid dienone is 3.